The van der Waals surface area contributed by atoms with Crippen LogP contribution in [0.5, 0.6) is 11.5 Å². The second kappa shape index (κ2) is 6.99. The van der Waals surface area contributed by atoms with Crippen molar-refractivity contribution in [2.45, 2.75) is 32.9 Å². The molecule has 1 heterocycles. The van der Waals surface area contributed by atoms with Gasteiger partial charge >= 0.3 is 0 Å². The molecule has 0 aromatic heterocycles. The van der Waals surface area contributed by atoms with E-state index in [0.717, 1.165) is 42.2 Å². The molecule has 0 spiro atoms. The van der Waals surface area contributed by atoms with E-state index in [1.54, 1.807) is 7.11 Å². The van der Waals surface area contributed by atoms with Crippen molar-refractivity contribution in [1.82, 2.24) is 10.2 Å². The Hall–Kier alpha value is -0.780. The van der Waals surface area contributed by atoms with Crippen LogP contribution in [0.4, 0.5) is 0 Å². The number of ether oxygens (including phenoxy) is 2. The smallest absolute Gasteiger partial charge is 0.174 e. The van der Waals surface area contributed by atoms with Crippen LogP contribution >= 0.6 is 15.9 Å². The van der Waals surface area contributed by atoms with E-state index in [0.29, 0.717) is 6.61 Å². The molecule has 0 radical (unpaired) electrons. The van der Waals surface area contributed by atoms with Gasteiger partial charge in [0.2, 0.25) is 0 Å². The van der Waals surface area contributed by atoms with Gasteiger partial charge in [0.15, 0.2) is 11.5 Å². The molecule has 21 heavy (non-hydrogen) atoms. The van der Waals surface area contributed by atoms with Crippen LogP contribution in [0.3, 0.4) is 0 Å². The Bertz CT molecular complexity index is 491. The molecule has 0 atom stereocenters. The first-order valence-corrected chi connectivity index (χ1v) is 8.21. The van der Waals surface area contributed by atoms with Crippen LogP contribution in [-0.4, -0.2) is 43.8 Å². The molecule has 1 aromatic carbocycles. The molecule has 5 heteroatoms. The van der Waals surface area contributed by atoms with E-state index in [1.165, 1.54) is 5.56 Å². The number of nitrogens with zero attached hydrogens (tertiary/aromatic N) is 1. The summed E-state index contributed by atoms with van der Waals surface area (Å²) in [6.07, 6.45) is 0. The van der Waals surface area contributed by atoms with Crippen LogP contribution in [0.1, 0.15) is 26.3 Å². The number of benzene rings is 1. The standard InChI is InChI=1S/C16H25BrN2O2/c1-5-21-14-9-12(8-13(17)15(14)20-4)10-19-7-6-18-16(2,3)11-19/h8-9,18H,5-7,10-11H2,1-4H3. The topological polar surface area (TPSA) is 33.7 Å². The zero-order valence-electron chi connectivity index (χ0n) is 13.3. The molecule has 4 nitrogen and oxygen atoms in total. The summed E-state index contributed by atoms with van der Waals surface area (Å²) in [7, 11) is 1.67. The van der Waals surface area contributed by atoms with Crippen LogP contribution in [0.2, 0.25) is 0 Å². The Balaban J connectivity index is 2.16. The molecule has 118 valence electrons. The maximum absolute atomic E-state index is 5.69. The van der Waals surface area contributed by atoms with Crippen LogP contribution in [0, 0.1) is 0 Å². The highest BCUT2D eigenvalue weighted by molar-refractivity contribution is 9.10. The summed E-state index contributed by atoms with van der Waals surface area (Å²) in [4.78, 5) is 2.47. The predicted molar refractivity (Wildman–Crippen MR) is 89.2 cm³/mol. The summed E-state index contributed by atoms with van der Waals surface area (Å²) in [6.45, 7) is 11.2. The van der Waals surface area contributed by atoms with Crippen molar-refractivity contribution in [1.29, 1.82) is 0 Å². The third-order valence-electron chi connectivity index (χ3n) is 3.63. The van der Waals surface area contributed by atoms with Crippen LogP contribution in [0.15, 0.2) is 16.6 Å². The van der Waals surface area contributed by atoms with Crippen molar-refractivity contribution in [3.8, 4) is 11.5 Å². The molecule has 1 aliphatic heterocycles. The van der Waals surface area contributed by atoms with E-state index in [9.17, 15) is 0 Å². The minimum Gasteiger partial charge on any atom is -0.492 e. The van der Waals surface area contributed by atoms with Gasteiger partial charge in [-0.2, -0.15) is 0 Å². The van der Waals surface area contributed by atoms with Crippen LogP contribution < -0.4 is 14.8 Å². The van der Waals surface area contributed by atoms with Gasteiger partial charge in [-0.3, -0.25) is 4.90 Å². The first-order chi connectivity index (χ1) is 9.95. The average molecular weight is 357 g/mol. The molecule has 2 rings (SSSR count). The number of nitrogens with one attached hydrogen (secondary N) is 1. The van der Waals surface area contributed by atoms with E-state index >= 15 is 0 Å². The monoisotopic (exact) mass is 356 g/mol. The minimum absolute atomic E-state index is 0.171. The first kappa shape index (κ1) is 16.6. The maximum Gasteiger partial charge on any atom is 0.174 e. The van der Waals surface area contributed by atoms with Crippen molar-refractivity contribution < 1.29 is 9.47 Å². The van der Waals surface area contributed by atoms with E-state index in [1.807, 2.05) is 6.92 Å². The molecule has 0 saturated carbocycles. The molecule has 0 bridgehead atoms. The zero-order valence-corrected chi connectivity index (χ0v) is 14.9. The molecule has 1 aromatic rings. The van der Waals surface area contributed by atoms with Gasteiger partial charge in [-0.1, -0.05) is 0 Å². The fourth-order valence-electron chi connectivity index (χ4n) is 2.81. The molecule has 1 N–H and O–H groups in total. The van der Waals surface area contributed by atoms with E-state index in [2.05, 4.69) is 52.1 Å². The number of hydrogen-bond donors (Lipinski definition) is 1. The second-order valence-electron chi connectivity index (χ2n) is 6.06. The van der Waals surface area contributed by atoms with Gasteiger partial charge in [-0.25, -0.2) is 0 Å². The normalized spacial score (nSPS) is 18.5. The van der Waals surface area contributed by atoms with E-state index < -0.39 is 0 Å². The van der Waals surface area contributed by atoms with Crippen molar-refractivity contribution in [3.63, 3.8) is 0 Å². The lowest BCUT2D eigenvalue weighted by Crippen LogP contribution is -2.56. The van der Waals surface area contributed by atoms with E-state index in [4.69, 9.17) is 9.47 Å². The first-order valence-electron chi connectivity index (χ1n) is 7.42. The van der Waals surface area contributed by atoms with Crippen molar-refractivity contribution in [2.24, 2.45) is 0 Å². The van der Waals surface area contributed by atoms with Crippen molar-refractivity contribution in [2.75, 3.05) is 33.4 Å². The van der Waals surface area contributed by atoms with Gasteiger partial charge in [0.1, 0.15) is 0 Å². The summed E-state index contributed by atoms with van der Waals surface area (Å²) in [5.41, 5.74) is 1.41. The lowest BCUT2D eigenvalue weighted by molar-refractivity contribution is 0.148. The summed E-state index contributed by atoms with van der Waals surface area (Å²) in [5.74, 6) is 1.57. The molecule has 1 saturated heterocycles. The largest absolute Gasteiger partial charge is 0.492 e. The summed E-state index contributed by atoms with van der Waals surface area (Å²) in [6, 6.07) is 4.21. The fourth-order valence-corrected chi connectivity index (χ4v) is 3.46. The summed E-state index contributed by atoms with van der Waals surface area (Å²) in [5, 5.41) is 3.54. The van der Waals surface area contributed by atoms with Gasteiger partial charge in [0, 0.05) is 31.7 Å². The number of methoxy groups -OCH3 is 1. The molecule has 1 fully saturated rings. The predicted octanol–water partition coefficient (Wildman–Crippen LogP) is 3.04. The Labute approximate surface area is 135 Å². The number of rotatable bonds is 5. The molecular weight excluding hydrogens is 332 g/mol. The number of hydrogen-bond acceptors (Lipinski definition) is 4. The lowest BCUT2D eigenvalue weighted by atomic mass is 10.0. The van der Waals surface area contributed by atoms with Crippen LogP contribution in [-0.2, 0) is 6.54 Å². The van der Waals surface area contributed by atoms with E-state index in [-0.39, 0.29) is 5.54 Å². The Morgan fingerprint density at radius 1 is 1.38 bits per heavy atom. The van der Waals surface area contributed by atoms with Gasteiger partial charge in [0.05, 0.1) is 18.2 Å². The van der Waals surface area contributed by atoms with Crippen molar-refractivity contribution >= 4 is 15.9 Å². The highest BCUT2D eigenvalue weighted by atomic mass is 79.9. The summed E-state index contributed by atoms with van der Waals surface area (Å²) >= 11 is 3.58. The van der Waals surface area contributed by atoms with Gasteiger partial charge < -0.3 is 14.8 Å². The highest BCUT2D eigenvalue weighted by Gasteiger charge is 2.25. The third kappa shape index (κ3) is 4.34. The third-order valence-corrected chi connectivity index (χ3v) is 4.22. The average Bonchev–Trinajstić information content (AvgIpc) is 2.37. The summed E-state index contributed by atoms with van der Waals surface area (Å²) < 4.78 is 12.0. The molecular formula is C16H25BrN2O2. The van der Waals surface area contributed by atoms with Gasteiger partial charge in [-0.05, 0) is 54.4 Å². The number of piperazine rings is 1. The quantitative estimate of drug-likeness (QED) is 0.878. The Morgan fingerprint density at radius 2 is 2.14 bits per heavy atom. The SMILES string of the molecule is CCOc1cc(CN2CCNC(C)(C)C2)cc(Br)c1OC. The highest BCUT2D eigenvalue weighted by Crippen LogP contribution is 2.37. The molecule has 0 amide bonds. The molecule has 0 aliphatic carbocycles. The van der Waals surface area contributed by atoms with Gasteiger partial charge in [-0.15, -0.1) is 0 Å². The second-order valence-corrected chi connectivity index (χ2v) is 6.92. The minimum atomic E-state index is 0.171. The molecule has 0 unspecified atom stereocenters. The van der Waals surface area contributed by atoms with Crippen LogP contribution in [0.25, 0.3) is 0 Å². The zero-order chi connectivity index (χ0) is 15.5. The number of halogens is 1. The fraction of sp³-hybridized carbons (Fsp3) is 0.625. The lowest BCUT2D eigenvalue weighted by Gasteiger charge is -2.39. The van der Waals surface area contributed by atoms with Crippen molar-refractivity contribution in [3.05, 3.63) is 22.2 Å². The Kier molecular flexibility index (Phi) is 5.52. The Morgan fingerprint density at radius 3 is 2.76 bits per heavy atom. The van der Waals surface area contributed by atoms with Gasteiger partial charge in [0.25, 0.3) is 0 Å². The molecule has 1 aliphatic rings. The maximum atomic E-state index is 5.69.